The van der Waals surface area contributed by atoms with Crippen LogP contribution < -0.4 is 5.32 Å². The molecule has 0 atom stereocenters. The van der Waals surface area contributed by atoms with E-state index in [-0.39, 0.29) is 23.7 Å². The monoisotopic (exact) mass is 355 g/mol. The van der Waals surface area contributed by atoms with Crippen molar-refractivity contribution in [2.45, 2.75) is 19.8 Å². The van der Waals surface area contributed by atoms with Crippen LogP contribution in [-0.4, -0.2) is 23.5 Å². The van der Waals surface area contributed by atoms with Crippen molar-refractivity contribution in [3.63, 3.8) is 0 Å². The molecule has 5 nitrogen and oxygen atoms in total. The molecule has 1 aromatic carbocycles. The van der Waals surface area contributed by atoms with E-state index in [1.54, 1.807) is 25.1 Å². The SMILES string of the molecule is Cc1coc(CC(=O)O)c1C(=O)NCCc1ccc(Cl)cc1Cl. The van der Waals surface area contributed by atoms with Crippen molar-refractivity contribution in [1.82, 2.24) is 5.32 Å². The minimum absolute atomic E-state index is 0.150. The standard InChI is InChI=1S/C16H15Cl2NO4/c1-9-8-23-13(7-14(20)21)15(9)16(22)19-5-4-10-2-3-11(17)6-12(10)18/h2-3,6,8H,4-5,7H2,1H3,(H,19,22)(H,20,21). The highest BCUT2D eigenvalue weighted by Crippen LogP contribution is 2.21. The van der Waals surface area contributed by atoms with Gasteiger partial charge >= 0.3 is 5.97 Å². The Balaban J connectivity index is 2.00. The molecule has 23 heavy (non-hydrogen) atoms. The van der Waals surface area contributed by atoms with E-state index in [1.165, 1.54) is 6.26 Å². The number of furan rings is 1. The lowest BCUT2D eigenvalue weighted by atomic mass is 10.1. The minimum atomic E-state index is -1.05. The summed E-state index contributed by atoms with van der Waals surface area (Å²) in [6.07, 6.45) is 1.58. The van der Waals surface area contributed by atoms with E-state index < -0.39 is 5.97 Å². The molecule has 0 bridgehead atoms. The van der Waals surface area contributed by atoms with E-state index in [0.717, 1.165) is 5.56 Å². The molecule has 2 N–H and O–H groups in total. The molecule has 0 spiro atoms. The van der Waals surface area contributed by atoms with Gasteiger partial charge in [-0.05, 0) is 31.0 Å². The van der Waals surface area contributed by atoms with Gasteiger partial charge in [0.15, 0.2) is 0 Å². The van der Waals surface area contributed by atoms with Crippen LogP contribution in [0.1, 0.15) is 27.2 Å². The molecule has 2 aromatic rings. The number of hydrogen-bond donors (Lipinski definition) is 2. The number of nitrogens with one attached hydrogen (secondary N) is 1. The maximum absolute atomic E-state index is 12.2. The number of amides is 1. The van der Waals surface area contributed by atoms with Crippen LogP contribution in [0.2, 0.25) is 10.0 Å². The normalized spacial score (nSPS) is 10.6. The highest BCUT2D eigenvalue weighted by atomic mass is 35.5. The fourth-order valence-electron chi connectivity index (χ4n) is 2.19. The van der Waals surface area contributed by atoms with Gasteiger partial charge in [0, 0.05) is 22.2 Å². The Morgan fingerprint density at radius 2 is 2.04 bits per heavy atom. The second kappa shape index (κ2) is 7.53. The highest BCUT2D eigenvalue weighted by Gasteiger charge is 2.20. The summed E-state index contributed by atoms with van der Waals surface area (Å²) in [5, 5.41) is 12.7. The van der Waals surface area contributed by atoms with Crippen molar-refractivity contribution in [1.29, 1.82) is 0 Å². The van der Waals surface area contributed by atoms with Crippen LogP contribution in [0.15, 0.2) is 28.9 Å². The fraction of sp³-hybridized carbons (Fsp3) is 0.250. The van der Waals surface area contributed by atoms with Gasteiger partial charge in [-0.3, -0.25) is 9.59 Å². The predicted molar refractivity (Wildman–Crippen MR) is 87.3 cm³/mol. The van der Waals surface area contributed by atoms with Gasteiger partial charge in [0.05, 0.1) is 11.8 Å². The molecule has 122 valence electrons. The molecule has 0 aliphatic carbocycles. The summed E-state index contributed by atoms with van der Waals surface area (Å²) in [7, 11) is 0. The Hall–Kier alpha value is -1.98. The molecule has 0 unspecified atom stereocenters. The molecule has 0 fully saturated rings. The maximum Gasteiger partial charge on any atom is 0.311 e. The number of halogens is 2. The molecule has 0 radical (unpaired) electrons. The Bertz CT molecular complexity index is 740. The average molecular weight is 356 g/mol. The maximum atomic E-state index is 12.2. The number of aliphatic carboxylic acids is 1. The summed E-state index contributed by atoms with van der Waals surface area (Å²) in [5.41, 5.74) is 1.74. The summed E-state index contributed by atoms with van der Waals surface area (Å²) < 4.78 is 5.15. The molecule has 1 amide bonds. The number of benzene rings is 1. The zero-order valence-corrected chi connectivity index (χ0v) is 13.9. The molecule has 0 saturated heterocycles. The van der Waals surface area contributed by atoms with Crippen molar-refractivity contribution < 1.29 is 19.1 Å². The highest BCUT2D eigenvalue weighted by molar-refractivity contribution is 6.35. The van der Waals surface area contributed by atoms with Crippen LogP contribution in [0.4, 0.5) is 0 Å². The van der Waals surface area contributed by atoms with Gasteiger partial charge in [0.25, 0.3) is 5.91 Å². The van der Waals surface area contributed by atoms with Gasteiger partial charge in [-0.2, -0.15) is 0 Å². The Labute approximate surface area is 143 Å². The van der Waals surface area contributed by atoms with E-state index in [2.05, 4.69) is 5.32 Å². The molecular weight excluding hydrogens is 341 g/mol. The third kappa shape index (κ3) is 4.50. The van der Waals surface area contributed by atoms with Crippen LogP contribution in [-0.2, 0) is 17.6 Å². The van der Waals surface area contributed by atoms with Gasteiger partial charge in [0.1, 0.15) is 12.2 Å². The first kappa shape index (κ1) is 17.4. The van der Waals surface area contributed by atoms with Crippen molar-refractivity contribution >= 4 is 35.1 Å². The molecule has 0 aliphatic rings. The largest absolute Gasteiger partial charge is 0.481 e. The van der Waals surface area contributed by atoms with Crippen LogP contribution in [0.25, 0.3) is 0 Å². The van der Waals surface area contributed by atoms with E-state index in [9.17, 15) is 9.59 Å². The second-order valence-electron chi connectivity index (χ2n) is 5.03. The Kier molecular flexibility index (Phi) is 5.69. The third-order valence-electron chi connectivity index (χ3n) is 3.28. The molecule has 1 aromatic heterocycles. The van der Waals surface area contributed by atoms with Crippen LogP contribution in [0, 0.1) is 6.92 Å². The van der Waals surface area contributed by atoms with E-state index in [4.69, 9.17) is 32.7 Å². The summed E-state index contributed by atoms with van der Waals surface area (Å²) in [6.45, 7) is 2.05. The number of aryl methyl sites for hydroxylation is 1. The van der Waals surface area contributed by atoms with Gasteiger partial charge < -0.3 is 14.8 Å². The quantitative estimate of drug-likeness (QED) is 0.830. The lowest BCUT2D eigenvalue weighted by Crippen LogP contribution is -2.27. The first-order valence-electron chi connectivity index (χ1n) is 6.89. The van der Waals surface area contributed by atoms with E-state index >= 15 is 0 Å². The van der Waals surface area contributed by atoms with Crippen molar-refractivity contribution in [2.24, 2.45) is 0 Å². The van der Waals surface area contributed by atoms with Crippen molar-refractivity contribution in [3.05, 3.63) is 57.0 Å². The lowest BCUT2D eigenvalue weighted by Gasteiger charge is -2.08. The smallest absolute Gasteiger partial charge is 0.311 e. The topological polar surface area (TPSA) is 79.5 Å². The summed E-state index contributed by atoms with van der Waals surface area (Å²) in [4.78, 5) is 23.0. The number of carboxylic acid groups (broad SMARTS) is 1. The number of hydrogen-bond acceptors (Lipinski definition) is 3. The fourth-order valence-corrected chi connectivity index (χ4v) is 2.70. The number of carbonyl (C=O) groups is 2. The van der Waals surface area contributed by atoms with Gasteiger partial charge in [-0.15, -0.1) is 0 Å². The minimum Gasteiger partial charge on any atom is -0.481 e. The van der Waals surface area contributed by atoms with Gasteiger partial charge in [-0.1, -0.05) is 29.3 Å². The molecule has 0 saturated carbocycles. The van der Waals surface area contributed by atoms with E-state index in [1.807, 2.05) is 0 Å². The lowest BCUT2D eigenvalue weighted by molar-refractivity contribution is -0.136. The number of rotatable bonds is 6. The number of carboxylic acids is 1. The molecular formula is C16H15Cl2NO4. The first-order valence-corrected chi connectivity index (χ1v) is 7.65. The van der Waals surface area contributed by atoms with Crippen LogP contribution >= 0.6 is 23.2 Å². The number of carbonyl (C=O) groups excluding carboxylic acids is 1. The average Bonchev–Trinajstić information content (AvgIpc) is 2.81. The zero-order valence-electron chi connectivity index (χ0n) is 12.4. The zero-order chi connectivity index (χ0) is 17.0. The Morgan fingerprint density at radius 3 is 2.70 bits per heavy atom. The molecule has 0 aliphatic heterocycles. The van der Waals surface area contributed by atoms with Crippen LogP contribution in [0.3, 0.4) is 0 Å². The summed E-state index contributed by atoms with van der Waals surface area (Å²) in [5.74, 6) is -1.27. The Morgan fingerprint density at radius 1 is 1.30 bits per heavy atom. The third-order valence-corrected chi connectivity index (χ3v) is 3.87. The van der Waals surface area contributed by atoms with E-state index in [0.29, 0.717) is 28.6 Å². The molecule has 7 heteroatoms. The van der Waals surface area contributed by atoms with Crippen LogP contribution in [0.5, 0.6) is 0 Å². The van der Waals surface area contributed by atoms with Gasteiger partial charge in [0.2, 0.25) is 0 Å². The molecule has 2 rings (SSSR count). The second-order valence-corrected chi connectivity index (χ2v) is 5.87. The molecule has 1 heterocycles. The van der Waals surface area contributed by atoms with Crippen molar-refractivity contribution in [3.8, 4) is 0 Å². The van der Waals surface area contributed by atoms with Crippen molar-refractivity contribution in [2.75, 3.05) is 6.54 Å². The summed E-state index contributed by atoms with van der Waals surface area (Å²) in [6, 6.07) is 5.18. The summed E-state index contributed by atoms with van der Waals surface area (Å²) >= 11 is 11.9. The van der Waals surface area contributed by atoms with Gasteiger partial charge in [-0.25, -0.2) is 0 Å². The first-order chi connectivity index (χ1) is 10.9. The predicted octanol–water partition coefficient (Wildman–Crippen LogP) is 3.49.